The van der Waals surface area contributed by atoms with Crippen LogP contribution in [-0.2, 0) is 6.42 Å². The maximum Gasteiger partial charge on any atom is 0.126 e. The number of methoxy groups -OCH3 is 2. The second-order valence-corrected chi connectivity index (χ2v) is 5.98. The number of phenols is 1. The van der Waals surface area contributed by atoms with Gasteiger partial charge in [0.1, 0.15) is 17.2 Å². The Balaban J connectivity index is 2.02. The van der Waals surface area contributed by atoms with Crippen molar-refractivity contribution in [3.05, 3.63) is 89.0 Å². The summed E-state index contributed by atoms with van der Waals surface area (Å²) in [5.74, 6) is 1.80. The minimum atomic E-state index is 0.264. The molecule has 132 valence electrons. The van der Waals surface area contributed by atoms with Gasteiger partial charge in [-0.15, -0.1) is 0 Å². The molecule has 0 radical (unpaired) electrons. The molecule has 0 saturated heterocycles. The summed E-state index contributed by atoms with van der Waals surface area (Å²) in [4.78, 5) is 0. The predicted octanol–water partition coefficient (Wildman–Crippen LogP) is 5.17. The van der Waals surface area contributed by atoms with Gasteiger partial charge in [-0.25, -0.2) is 0 Å². The number of benzene rings is 3. The predicted molar refractivity (Wildman–Crippen MR) is 106 cm³/mol. The lowest BCUT2D eigenvalue weighted by molar-refractivity contribution is 0.391. The average Bonchev–Trinajstić information content (AvgIpc) is 2.69. The van der Waals surface area contributed by atoms with E-state index in [2.05, 4.69) is 24.3 Å². The highest BCUT2D eigenvalue weighted by atomic mass is 16.5. The average molecular weight is 346 g/mol. The van der Waals surface area contributed by atoms with E-state index in [1.54, 1.807) is 26.4 Å². The molecule has 0 aliphatic heterocycles. The van der Waals surface area contributed by atoms with E-state index in [1.807, 2.05) is 42.5 Å². The Morgan fingerprint density at radius 2 is 1.58 bits per heavy atom. The van der Waals surface area contributed by atoms with Gasteiger partial charge in [0.25, 0.3) is 0 Å². The Bertz CT molecular complexity index is 881. The van der Waals surface area contributed by atoms with E-state index in [9.17, 15) is 5.11 Å². The summed E-state index contributed by atoms with van der Waals surface area (Å²) in [6.07, 6.45) is 4.85. The number of hydrogen-bond donors (Lipinski definition) is 1. The van der Waals surface area contributed by atoms with Gasteiger partial charge >= 0.3 is 0 Å². The molecule has 0 amide bonds. The zero-order valence-electron chi connectivity index (χ0n) is 15.0. The van der Waals surface area contributed by atoms with Crippen LogP contribution in [0.2, 0.25) is 0 Å². The molecule has 3 nitrogen and oxygen atoms in total. The fourth-order valence-electron chi connectivity index (χ4n) is 2.85. The zero-order valence-corrected chi connectivity index (χ0v) is 15.0. The highest BCUT2D eigenvalue weighted by Gasteiger charge is 2.12. The first kappa shape index (κ1) is 17.6. The molecule has 0 atom stereocenters. The molecule has 3 aromatic rings. The van der Waals surface area contributed by atoms with Crippen LogP contribution in [0.25, 0.3) is 12.2 Å². The van der Waals surface area contributed by atoms with Crippen molar-refractivity contribution < 1.29 is 14.6 Å². The first-order valence-electron chi connectivity index (χ1n) is 8.45. The van der Waals surface area contributed by atoms with Crippen LogP contribution in [0.3, 0.4) is 0 Å². The Hall–Kier alpha value is -3.20. The molecule has 3 aromatic carbocycles. The Kier molecular flexibility index (Phi) is 5.59. The third-order valence-electron chi connectivity index (χ3n) is 4.24. The molecule has 0 aromatic heterocycles. The van der Waals surface area contributed by atoms with Crippen LogP contribution in [0.15, 0.2) is 66.7 Å². The third kappa shape index (κ3) is 4.25. The molecule has 3 rings (SSSR count). The molecule has 0 saturated carbocycles. The summed E-state index contributed by atoms with van der Waals surface area (Å²) in [5.41, 5.74) is 4.34. The standard InChI is InChI=1S/C23H22O3/c1-25-21-15-19(11-8-17-6-4-3-5-7-17)22(23(16-21)26-2)14-18-9-12-20(24)13-10-18/h3-13,15-16,24H,14H2,1-2H3/b11-8+. The minimum Gasteiger partial charge on any atom is -0.508 e. The zero-order chi connectivity index (χ0) is 18.4. The monoisotopic (exact) mass is 346 g/mol. The molecule has 0 bridgehead atoms. The quantitative estimate of drug-likeness (QED) is 0.626. The summed E-state index contributed by atoms with van der Waals surface area (Å²) in [6, 6.07) is 21.3. The maximum atomic E-state index is 9.50. The van der Waals surface area contributed by atoms with E-state index in [-0.39, 0.29) is 5.75 Å². The van der Waals surface area contributed by atoms with E-state index in [0.717, 1.165) is 33.8 Å². The molecule has 1 N–H and O–H groups in total. The van der Waals surface area contributed by atoms with Gasteiger partial charge in [0.2, 0.25) is 0 Å². The largest absolute Gasteiger partial charge is 0.508 e. The van der Waals surface area contributed by atoms with Crippen molar-refractivity contribution in [2.45, 2.75) is 6.42 Å². The van der Waals surface area contributed by atoms with Crippen molar-refractivity contribution in [2.24, 2.45) is 0 Å². The molecule has 0 fully saturated rings. The van der Waals surface area contributed by atoms with Crippen LogP contribution in [0, 0.1) is 0 Å². The van der Waals surface area contributed by atoms with Gasteiger partial charge in [0.15, 0.2) is 0 Å². The number of aromatic hydroxyl groups is 1. The SMILES string of the molecule is COc1cc(/C=C/c2ccccc2)c(Cc2ccc(O)cc2)c(OC)c1. The minimum absolute atomic E-state index is 0.264. The lowest BCUT2D eigenvalue weighted by Gasteiger charge is -2.14. The van der Waals surface area contributed by atoms with Gasteiger partial charge in [0.05, 0.1) is 14.2 Å². The van der Waals surface area contributed by atoms with Crippen LogP contribution < -0.4 is 9.47 Å². The van der Waals surface area contributed by atoms with Crippen LogP contribution in [-0.4, -0.2) is 19.3 Å². The molecule has 0 aliphatic rings. The Morgan fingerprint density at radius 3 is 2.23 bits per heavy atom. The third-order valence-corrected chi connectivity index (χ3v) is 4.24. The highest BCUT2D eigenvalue weighted by Crippen LogP contribution is 2.32. The maximum absolute atomic E-state index is 9.50. The molecule has 26 heavy (non-hydrogen) atoms. The van der Waals surface area contributed by atoms with Crippen molar-refractivity contribution in [1.29, 1.82) is 0 Å². The van der Waals surface area contributed by atoms with Crippen molar-refractivity contribution in [1.82, 2.24) is 0 Å². The fourth-order valence-corrected chi connectivity index (χ4v) is 2.85. The second-order valence-electron chi connectivity index (χ2n) is 5.98. The number of ether oxygens (including phenoxy) is 2. The van der Waals surface area contributed by atoms with Crippen molar-refractivity contribution >= 4 is 12.2 Å². The van der Waals surface area contributed by atoms with Crippen LogP contribution in [0.4, 0.5) is 0 Å². The molecule has 0 unspecified atom stereocenters. The summed E-state index contributed by atoms with van der Waals surface area (Å²) in [7, 11) is 3.32. The van der Waals surface area contributed by atoms with Crippen LogP contribution in [0.5, 0.6) is 17.2 Å². The summed E-state index contributed by atoms with van der Waals surface area (Å²) in [6.45, 7) is 0. The highest BCUT2D eigenvalue weighted by molar-refractivity contribution is 5.73. The summed E-state index contributed by atoms with van der Waals surface area (Å²) < 4.78 is 11.0. The fraction of sp³-hybridized carbons (Fsp3) is 0.130. The molecule has 0 heterocycles. The normalized spacial score (nSPS) is 10.8. The first-order chi connectivity index (χ1) is 12.7. The van der Waals surface area contributed by atoms with Gasteiger partial charge in [-0.1, -0.05) is 54.6 Å². The van der Waals surface area contributed by atoms with Gasteiger partial charge in [0, 0.05) is 18.1 Å². The number of hydrogen-bond acceptors (Lipinski definition) is 3. The van der Waals surface area contributed by atoms with E-state index < -0.39 is 0 Å². The summed E-state index contributed by atoms with van der Waals surface area (Å²) in [5, 5.41) is 9.50. The summed E-state index contributed by atoms with van der Waals surface area (Å²) >= 11 is 0. The molecule has 3 heteroatoms. The number of rotatable bonds is 6. The van der Waals surface area contributed by atoms with Crippen molar-refractivity contribution in [3.63, 3.8) is 0 Å². The van der Waals surface area contributed by atoms with Crippen LogP contribution in [0.1, 0.15) is 22.3 Å². The molecule has 0 aliphatic carbocycles. The lowest BCUT2D eigenvalue weighted by atomic mass is 9.97. The van der Waals surface area contributed by atoms with E-state index in [4.69, 9.17) is 9.47 Å². The lowest BCUT2D eigenvalue weighted by Crippen LogP contribution is -1.98. The van der Waals surface area contributed by atoms with E-state index in [1.165, 1.54) is 0 Å². The topological polar surface area (TPSA) is 38.7 Å². The van der Waals surface area contributed by atoms with Gasteiger partial charge in [-0.05, 0) is 34.9 Å². The van der Waals surface area contributed by atoms with E-state index >= 15 is 0 Å². The van der Waals surface area contributed by atoms with Gasteiger partial charge in [-0.2, -0.15) is 0 Å². The second kappa shape index (κ2) is 8.26. The van der Waals surface area contributed by atoms with Crippen molar-refractivity contribution in [3.8, 4) is 17.2 Å². The Morgan fingerprint density at radius 1 is 0.846 bits per heavy atom. The molecular formula is C23H22O3. The Labute approximate surface area is 154 Å². The molecular weight excluding hydrogens is 324 g/mol. The number of phenolic OH excluding ortho intramolecular Hbond substituents is 1. The van der Waals surface area contributed by atoms with Crippen LogP contribution >= 0.6 is 0 Å². The van der Waals surface area contributed by atoms with Gasteiger partial charge in [-0.3, -0.25) is 0 Å². The van der Waals surface area contributed by atoms with E-state index in [0.29, 0.717) is 6.42 Å². The van der Waals surface area contributed by atoms with Crippen molar-refractivity contribution in [2.75, 3.05) is 14.2 Å². The molecule has 0 spiro atoms. The smallest absolute Gasteiger partial charge is 0.126 e. The van der Waals surface area contributed by atoms with Gasteiger partial charge < -0.3 is 14.6 Å². The first-order valence-corrected chi connectivity index (χ1v) is 8.45.